The molecule has 15 heavy (non-hydrogen) atoms. The van der Waals surface area contributed by atoms with Crippen molar-refractivity contribution in [2.45, 2.75) is 32.3 Å². The van der Waals surface area contributed by atoms with Gasteiger partial charge in [0.1, 0.15) is 11.9 Å². The van der Waals surface area contributed by atoms with Crippen molar-refractivity contribution in [3.63, 3.8) is 0 Å². The second-order valence-corrected chi connectivity index (χ2v) is 4.31. The SMILES string of the molecule is CC(C)c1ccc(O[C@@H]2CCNC2)cn1. The summed E-state index contributed by atoms with van der Waals surface area (Å²) in [6.45, 7) is 6.29. The van der Waals surface area contributed by atoms with Crippen LogP contribution < -0.4 is 10.1 Å². The third kappa shape index (κ3) is 2.69. The number of hydrogen-bond acceptors (Lipinski definition) is 3. The first-order valence-electron chi connectivity index (χ1n) is 5.59. The Balaban J connectivity index is 1.97. The monoisotopic (exact) mass is 206 g/mol. The van der Waals surface area contributed by atoms with E-state index < -0.39 is 0 Å². The Hall–Kier alpha value is -1.09. The standard InChI is InChI=1S/C12H18N2O/c1-9(2)12-4-3-10(8-14-12)15-11-5-6-13-7-11/h3-4,8-9,11,13H,5-7H2,1-2H3/t11-/m1/s1. The molecule has 0 radical (unpaired) electrons. The zero-order valence-corrected chi connectivity index (χ0v) is 9.36. The molecular weight excluding hydrogens is 188 g/mol. The Labute approximate surface area is 90.9 Å². The summed E-state index contributed by atoms with van der Waals surface area (Å²) < 4.78 is 5.79. The average molecular weight is 206 g/mol. The van der Waals surface area contributed by atoms with Crippen molar-refractivity contribution in [3.8, 4) is 5.75 Å². The molecule has 0 unspecified atom stereocenters. The van der Waals surface area contributed by atoms with Crippen LogP contribution in [0.5, 0.6) is 5.75 Å². The summed E-state index contributed by atoms with van der Waals surface area (Å²) >= 11 is 0. The van der Waals surface area contributed by atoms with E-state index in [0.29, 0.717) is 12.0 Å². The highest BCUT2D eigenvalue weighted by Crippen LogP contribution is 2.17. The van der Waals surface area contributed by atoms with Crippen molar-refractivity contribution < 1.29 is 4.74 Å². The van der Waals surface area contributed by atoms with Gasteiger partial charge in [-0.2, -0.15) is 0 Å². The minimum atomic E-state index is 0.316. The molecule has 1 N–H and O–H groups in total. The Morgan fingerprint density at radius 1 is 1.47 bits per heavy atom. The average Bonchev–Trinajstić information content (AvgIpc) is 2.71. The second-order valence-electron chi connectivity index (χ2n) is 4.31. The lowest BCUT2D eigenvalue weighted by Crippen LogP contribution is -2.19. The highest BCUT2D eigenvalue weighted by Gasteiger charge is 2.15. The highest BCUT2D eigenvalue weighted by molar-refractivity contribution is 5.21. The molecule has 1 saturated heterocycles. The van der Waals surface area contributed by atoms with E-state index in [1.165, 1.54) is 0 Å². The zero-order valence-electron chi connectivity index (χ0n) is 9.36. The lowest BCUT2D eigenvalue weighted by atomic mass is 10.1. The predicted octanol–water partition coefficient (Wildman–Crippen LogP) is 1.95. The molecule has 2 rings (SSSR count). The number of aromatic nitrogens is 1. The molecule has 1 aliphatic rings. The fraction of sp³-hybridized carbons (Fsp3) is 0.583. The maximum Gasteiger partial charge on any atom is 0.138 e. The van der Waals surface area contributed by atoms with E-state index in [9.17, 15) is 0 Å². The van der Waals surface area contributed by atoms with Crippen LogP contribution >= 0.6 is 0 Å². The van der Waals surface area contributed by atoms with Crippen LogP contribution in [0.25, 0.3) is 0 Å². The molecule has 1 aromatic rings. The molecule has 1 aromatic heterocycles. The van der Waals surface area contributed by atoms with Gasteiger partial charge >= 0.3 is 0 Å². The number of nitrogens with zero attached hydrogens (tertiary/aromatic N) is 1. The third-order valence-electron chi connectivity index (χ3n) is 2.67. The summed E-state index contributed by atoms with van der Waals surface area (Å²) in [5.74, 6) is 1.36. The lowest BCUT2D eigenvalue weighted by Gasteiger charge is -2.12. The second kappa shape index (κ2) is 4.62. The molecular formula is C12H18N2O. The van der Waals surface area contributed by atoms with Gasteiger partial charge in [0.05, 0.1) is 6.20 Å². The van der Waals surface area contributed by atoms with Crippen molar-refractivity contribution in [2.75, 3.05) is 13.1 Å². The molecule has 0 bridgehead atoms. The number of hydrogen-bond donors (Lipinski definition) is 1. The van der Waals surface area contributed by atoms with Crippen molar-refractivity contribution >= 4 is 0 Å². The normalized spacial score (nSPS) is 20.9. The number of ether oxygens (including phenoxy) is 1. The van der Waals surface area contributed by atoms with Crippen LogP contribution in [0, 0.1) is 0 Å². The van der Waals surface area contributed by atoms with Crippen LogP contribution in [0.3, 0.4) is 0 Å². The minimum Gasteiger partial charge on any atom is -0.487 e. The summed E-state index contributed by atoms with van der Waals surface area (Å²) in [5.41, 5.74) is 1.12. The van der Waals surface area contributed by atoms with Crippen molar-refractivity contribution in [3.05, 3.63) is 24.0 Å². The molecule has 0 amide bonds. The number of nitrogens with one attached hydrogen (secondary N) is 1. The van der Waals surface area contributed by atoms with Gasteiger partial charge in [-0.25, -0.2) is 0 Å². The molecule has 3 nitrogen and oxygen atoms in total. The number of pyridine rings is 1. The first-order chi connectivity index (χ1) is 7.25. The molecule has 0 aromatic carbocycles. The van der Waals surface area contributed by atoms with Gasteiger partial charge < -0.3 is 10.1 Å². The Kier molecular flexibility index (Phi) is 3.21. The van der Waals surface area contributed by atoms with Crippen LogP contribution in [0.15, 0.2) is 18.3 Å². The van der Waals surface area contributed by atoms with E-state index in [4.69, 9.17) is 4.74 Å². The number of rotatable bonds is 3. The van der Waals surface area contributed by atoms with Crippen LogP contribution in [0.4, 0.5) is 0 Å². The largest absolute Gasteiger partial charge is 0.487 e. The van der Waals surface area contributed by atoms with Gasteiger partial charge in [0.2, 0.25) is 0 Å². The Morgan fingerprint density at radius 2 is 2.33 bits per heavy atom. The maximum atomic E-state index is 5.79. The fourth-order valence-electron chi connectivity index (χ4n) is 1.72. The summed E-state index contributed by atoms with van der Waals surface area (Å²) in [7, 11) is 0. The summed E-state index contributed by atoms with van der Waals surface area (Å²) in [6.07, 6.45) is 3.23. The van der Waals surface area contributed by atoms with E-state index >= 15 is 0 Å². The first kappa shape index (κ1) is 10.4. The van der Waals surface area contributed by atoms with Crippen molar-refractivity contribution in [1.29, 1.82) is 0 Å². The predicted molar refractivity (Wildman–Crippen MR) is 60.2 cm³/mol. The summed E-state index contributed by atoms with van der Waals surface area (Å²) in [4.78, 5) is 4.37. The molecule has 1 atom stereocenters. The van der Waals surface area contributed by atoms with E-state index in [0.717, 1.165) is 31.0 Å². The molecule has 0 aliphatic carbocycles. The van der Waals surface area contributed by atoms with E-state index in [1.807, 2.05) is 18.3 Å². The van der Waals surface area contributed by atoms with Crippen molar-refractivity contribution in [2.24, 2.45) is 0 Å². The van der Waals surface area contributed by atoms with Crippen LogP contribution in [0.2, 0.25) is 0 Å². The van der Waals surface area contributed by atoms with Gasteiger partial charge in [-0.1, -0.05) is 13.8 Å². The van der Waals surface area contributed by atoms with Gasteiger partial charge in [0, 0.05) is 12.2 Å². The topological polar surface area (TPSA) is 34.1 Å². The Morgan fingerprint density at radius 3 is 2.87 bits per heavy atom. The van der Waals surface area contributed by atoms with Gasteiger partial charge in [-0.3, -0.25) is 4.98 Å². The van der Waals surface area contributed by atoms with Gasteiger partial charge in [-0.05, 0) is 31.0 Å². The molecule has 82 valence electrons. The van der Waals surface area contributed by atoms with Gasteiger partial charge in [-0.15, -0.1) is 0 Å². The first-order valence-corrected chi connectivity index (χ1v) is 5.59. The molecule has 0 spiro atoms. The third-order valence-corrected chi connectivity index (χ3v) is 2.67. The molecule has 0 saturated carbocycles. The molecule has 1 aliphatic heterocycles. The summed E-state index contributed by atoms with van der Waals surface area (Å²) in [5, 5.41) is 3.28. The smallest absolute Gasteiger partial charge is 0.138 e. The van der Waals surface area contributed by atoms with Crippen molar-refractivity contribution in [1.82, 2.24) is 10.3 Å². The fourth-order valence-corrected chi connectivity index (χ4v) is 1.72. The molecule has 1 fully saturated rings. The lowest BCUT2D eigenvalue weighted by molar-refractivity contribution is 0.222. The summed E-state index contributed by atoms with van der Waals surface area (Å²) in [6, 6.07) is 4.06. The maximum absolute atomic E-state index is 5.79. The van der Waals surface area contributed by atoms with Crippen LogP contribution in [-0.2, 0) is 0 Å². The minimum absolute atomic E-state index is 0.316. The quantitative estimate of drug-likeness (QED) is 0.820. The van der Waals surface area contributed by atoms with Crippen LogP contribution in [-0.4, -0.2) is 24.2 Å². The van der Waals surface area contributed by atoms with E-state index in [1.54, 1.807) is 0 Å². The van der Waals surface area contributed by atoms with Gasteiger partial charge in [0.15, 0.2) is 0 Å². The zero-order chi connectivity index (χ0) is 10.7. The van der Waals surface area contributed by atoms with Gasteiger partial charge in [0.25, 0.3) is 0 Å². The van der Waals surface area contributed by atoms with Crippen LogP contribution in [0.1, 0.15) is 31.9 Å². The molecule has 3 heteroatoms. The van der Waals surface area contributed by atoms with E-state index in [-0.39, 0.29) is 0 Å². The van der Waals surface area contributed by atoms with E-state index in [2.05, 4.69) is 24.1 Å². The molecule has 2 heterocycles. The highest BCUT2D eigenvalue weighted by atomic mass is 16.5. The Bertz CT molecular complexity index is 302.